The number of pyridine rings is 2. The summed E-state index contributed by atoms with van der Waals surface area (Å²) < 4.78 is 42.8. The average molecular weight is 1480 g/mol. The lowest BCUT2D eigenvalue weighted by atomic mass is 9.49. The first kappa shape index (κ1) is 69.0. The second kappa shape index (κ2) is 23.8. The maximum absolute atomic E-state index is 6.50. The van der Waals surface area contributed by atoms with Crippen molar-refractivity contribution in [2.24, 2.45) is 0 Å². The molecule has 0 amide bonds. The minimum Gasteiger partial charge on any atom is -0.405 e. The molecule has 5 aliphatic rings. The van der Waals surface area contributed by atoms with Crippen molar-refractivity contribution in [1.29, 1.82) is 0 Å². The zero-order valence-corrected chi connectivity index (χ0v) is 65.9. The maximum Gasteiger partial charge on any atom is 0.494 e. The molecule has 12 aromatic carbocycles. The van der Waals surface area contributed by atoms with Crippen LogP contribution in [-0.2, 0) is 38.8 Å². The number of nitrogens with zero attached hydrogens (tertiary/aromatic N) is 4. The van der Waals surface area contributed by atoms with E-state index in [4.69, 9.17) is 27.9 Å². The number of benzene rings is 12. The highest BCUT2D eigenvalue weighted by atomic mass is 79.9. The van der Waals surface area contributed by atoms with E-state index >= 15 is 0 Å². The Kier molecular flexibility index (Phi) is 15.2. The molecule has 16 aromatic rings. The molecular formula is C94H86B3BrN4O6. The van der Waals surface area contributed by atoms with Crippen molar-refractivity contribution in [1.82, 2.24) is 19.1 Å². The molecule has 0 unspecified atom stereocenters. The first-order chi connectivity index (χ1) is 51.5. The Hall–Kier alpha value is -9.47. The lowest BCUT2D eigenvalue weighted by molar-refractivity contribution is 0.00578. The van der Waals surface area contributed by atoms with Gasteiger partial charge >= 0.3 is 21.1 Å². The summed E-state index contributed by atoms with van der Waals surface area (Å²) in [6.07, 6.45) is 7.83. The quantitative estimate of drug-likeness (QED) is 0.127. The van der Waals surface area contributed by atoms with Crippen LogP contribution in [0, 0.1) is 0 Å². The zero-order chi connectivity index (χ0) is 74.9. The molecule has 2 aliphatic carbocycles. The van der Waals surface area contributed by atoms with Crippen LogP contribution in [0.2, 0.25) is 0 Å². The van der Waals surface area contributed by atoms with Gasteiger partial charge in [0.05, 0.1) is 55.7 Å². The summed E-state index contributed by atoms with van der Waals surface area (Å²) >= 11 is 3.72. The number of hydrogen-bond donors (Lipinski definition) is 0. The third-order valence-corrected chi connectivity index (χ3v) is 26.4. The third-order valence-electron chi connectivity index (χ3n) is 25.9. The highest BCUT2D eigenvalue weighted by Gasteiger charge is 2.64. The number of fused-ring (bicyclic) bond motifs is 26. The van der Waals surface area contributed by atoms with Gasteiger partial charge in [-0.2, -0.15) is 0 Å². The number of aromatic nitrogens is 4. The second-order valence-electron chi connectivity index (χ2n) is 34.5. The van der Waals surface area contributed by atoms with Gasteiger partial charge in [0.2, 0.25) is 0 Å². The fourth-order valence-corrected chi connectivity index (χ4v) is 18.6. The van der Waals surface area contributed by atoms with Gasteiger partial charge in [-0.1, -0.05) is 183 Å². The Morgan fingerprint density at radius 2 is 0.630 bits per heavy atom. The van der Waals surface area contributed by atoms with E-state index in [-0.39, 0.29) is 33.2 Å². The standard InChI is InChI=1S/C44H37BN2O2.C38H25BrN2.C12H24B2O4/c1-42(2)38-24-35-31-17-10-8-15-29(31)28-14-7-9-16-30(28)34(35)23-36(38)32-18-19-33-37-25-46-21-20-39(37)47(41(33)40(32)42)27-13-11-12-26(22-27)45-48-43(3,4)44(5,6)49-45;1-38(2)34-20-31-27-13-6-4-11-25(27)24-10-3-5-12-26(24)30(31)19-32(34)28-14-15-29-33-21-40-17-16-35(33)41(37(29)36(28)38)23-9-7-8-22(39)18-23;1-9(2)10(3,4)16-13(15-9)14-17-11(5,6)12(7,8)18-14/h7-25H,1-6H3;3-21H,1-2H3;1-8H3. The van der Waals surface area contributed by atoms with E-state index in [9.17, 15) is 0 Å². The molecule has 4 aromatic heterocycles. The Bertz CT molecular complexity index is 6470. The fraction of sp³-hybridized carbons (Fsp3) is 0.255. The van der Waals surface area contributed by atoms with E-state index in [1.54, 1.807) is 0 Å². The van der Waals surface area contributed by atoms with E-state index < -0.39 is 32.3 Å². The molecule has 21 rings (SSSR count). The van der Waals surface area contributed by atoms with E-state index in [2.05, 4.69) is 297 Å². The van der Waals surface area contributed by atoms with Gasteiger partial charge in [0.1, 0.15) is 0 Å². The topological polar surface area (TPSA) is 91.0 Å². The molecule has 0 atom stereocenters. The highest BCUT2D eigenvalue weighted by molar-refractivity contribution is 9.10. The molecule has 3 fully saturated rings. The molecule has 14 heteroatoms. The van der Waals surface area contributed by atoms with Crippen molar-refractivity contribution in [3.63, 3.8) is 0 Å². The molecular weight excluding hydrogens is 1390 g/mol. The number of hydrogen-bond acceptors (Lipinski definition) is 8. The van der Waals surface area contributed by atoms with Crippen molar-refractivity contribution in [3.8, 4) is 33.6 Å². The van der Waals surface area contributed by atoms with Gasteiger partial charge in [-0.05, 0) is 264 Å². The summed E-state index contributed by atoms with van der Waals surface area (Å²) in [6.45, 7) is 34.2. The summed E-state index contributed by atoms with van der Waals surface area (Å²) in [5, 5.41) is 20.5. The minimum absolute atomic E-state index is 0.198. The molecule has 10 nitrogen and oxygen atoms in total. The largest absolute Gasteiger partial charge is 0.494 e. The SMILES string of the molecule is CC1(C)OB(B2OC(C)(C)C(C)(C)O2)OC1(C)C.CC1(C)c2cc3c4ccccc4c4ccccc4c3cc2-c2ccc3c4cnccc4n(-c4cccc(B5OC(C)(C)C(C)(C)O5)c4)c3c21.CC1(C)c2cc3c4ccccc4c4ccccc4c3cc2-c2ccc3c4cnccc4n(-c4cccc(Br)c4)c3c21. The Balaban J connectivity index is 0.000000121. The van der Waals surface area contributed by atoms with Crippen molar-refractivity contribution in [3.05, 3.63) is 258 Å². The van der Waals surface area contributed by atoms with Crippen LogP contribution in [0.25, 0.3) is 142 Å². The molecule has 0 radical (unpaired) electrons. The lowest BCUT2D eigenvalue weighted by Gasteiger charge is -2.32. The summed E-state index contributed by atoms with van der Waals surface area (Å²) in [7, 11) is -1.39. The van der Waals surface area contributed by atoms with Crippen LogP contribution in [0.4, 0.5) is 0 Å². The smallest absolute Gasteiger partial charge is 0.405 e. The molecule has 0 N–H and O–H groups in total. The second-order valence-corrected chi connectivity index (χ2v) is 35.4. The van der Waals surface area contributed by atoms with Gasteiger partial charge in [0.25, 0.3) is 0 Å². The van der Waals surface area contributed by atoms with Crippen LogP contribution in [0.1, 0.15) is 133 Å². The first-order valence-electron chi connectivity index (χ1n) is 38.0. The van der Waals surface area contributed by atoms with Gasteiger partial charge in [0.15, 0.2) is 0 Å². The van der Waals surface area contributed by atoms with Gasteiger partial charge in [0, 0.05) is 73.0 Å². The molecule has 3 aliphatic heterocycles. The van der Waals surface area contributed by atoms with Crippen LogP contribution in [0.3, 0.4) is 0 Å². The van der Waals surface area contributed by atoms with Gasteiger partial charge < -0.3 is 37.1 Å². The predicted molar refractivity (Wildman–Crippen MR) is 453 cm³/mol. The van der Waals surface area contributed by atoms with Crippen LogP contribution in [0.15, 0.2) is 236 Å². The minimum atomic E-state index is -0.476. The molecule has 0 spiro atoms. The molecule has 0 saturated carbocycles. The van der Waals surface area contributed by atoms with Gasteiger partial charge in [-0.3, -0.25) is 9.97 Å². The molecule has 108 heavy (non-hydrogen) atoms. The van der Waals surface area contributed by atoms with Crippen LogP contribution < -0.4 is 5.46 Å². The Labute approximate surface area is 640 Å². The molecule has 7 heterocycles. The number of halogens is 1. The molecule has 3 saturated heterocycles. The first-order valence-corrected chi connectivity index (χ1v) is 38.8. The average Bonchev–Trinajstić information content (AvgIpc) is 1.53. The van der Waals surface area contributed by atoms with Crippen LogP contribution in [0.5, 0.6) is 0 Å². The lowest BCUT2D eigenvalue weighted by Crippen LogP contribution is -2.41. The summed E-state index contributed by atoms with van der Waals surface area (Å²) in [5.74, 6) is 0. The molecule has 0 bridgehead atoms. The van der Waals surface area contributed by atoms with Gasteiger partial charge in [-0.25, -0.2) is 0 Å². The third kappa shape index (κ3) is 10.1. The van der Waals surface area contributed by atoms with Crippen LogP contribution in [-0.4, -0.2) is 73.8 Å². The van der Waals surface area contributed by atoms with Crippen molar-refractivity contribution in [2.75, 3.05) is 0 Å². The molecule has 534 valence electrons. The monoisotopic (exact) mass is 1480 g/mol. The van der Waals surface area contributed by atoms with Crippen molar-refractivity contribution < 1.29 is 27.9 Å². The summed E-state index contributed by atoms with van der Waals surface area (Å²) in [4.78, 5) is 9.12. The fourth-order valence-electron chi connectivity index (χ4n) is 18.2. The van der Waals surface area contributed by atoms with E-state index in [1.165, 1.54) is 142 Å². The Morgan fingerprint density at radius 3 is 1.00 bits per heavy atom. The maximum atomic E-state index is 6.50. The summed E-state index contributed by atoms with van der Waals surface area (Å²) in [6, 6.07) is 76.2. The zero-order valence-electron chi connectivity index (χ0n) is 64.3. The van der Waals surface area contributed by atoms with Gasteiger partial charge in [-0.15, -0.1) is 0 Å². The van der Waals surface area contributed by atoms with Crippen molar-refractivity contribution >= 4 is 151 Å². The highest BCUT2D eigenvalue weighted by Crippen LogP contribution is 2.58. The predicted octanol–water partition coefficient (Wildman–Crippen LogP) is 23.2. The van der Waals surface area contributed by atoms with E-state index in [0.717, 1.165) is 32.2 Å². The Morgan fingerprint density at radius 1 is 0.296 bits per heavy atom. The normalized spacial score (nSPS) is 18.5. The van der Waals surface area contributed by atoms with Crippen LogP contribution >= 0.6 is 15.9 Å². The number of rotatable bonds is 4. The van der Waals surface area contributed by atoms with E-state index in [0.29, 0.717) is 0 Å². The van der Waals surface area contributed by atoms with Crippen molar-refractivity contribution in [2.45, 2.75) is 155 Å². The summed E-state index contributed by atoms with van der Waals surface area (Å²) in [5.41, 5.74) is 16.1. The van der Waals surface area contributed by atoms with E-state index in [1.807, 2.05) is 80.2 Å².